The summed E-state index contributed by atoms with van der Waals surface area (Å²) in [6.45, 7) is 5.85. The van der Waals surface area contributed by atoms with E-state index in [0.29, 0.717) is 12.0 Å². The molecule has 0 N–H and O–H groups in total. The molecule has 2 aliphatic heterocycles. The standard InChI is InChI=1S/C17H27N3O3/c1-2-15-18-16(23-19-15)13-5-9-20(10-6-13)14-3-7-17(8-4-14)21-11-12-22-17/h13-14H,2-12H2,1H3. The van der Waals surface area contributed by atoms with Crippen LogP contribution in [0, 0.1) is 0 Å². The molecule has 6 nitrogen and oxygen atoms in total. The van der Waals surface area contributed by atoms with Gasteiger partial charge in [0.15, 0.2) is 11.6 Å². The molecule has 128 valence electrons. The van der Waals surface area contributed by atoms with Gasteiger partial charge in [-0.2, -0.15) is 4.98 Å². The predicted octanol–water partition coefficient (Wildman–Crippen LogP) is 2.50. The zero-order valence-corrected chi connectivity index (χ0v) is 14.0. The molecule has 0 atom stereocenters. The highest BCUT2D eigenvalue weighted by Crippen LogP contribution is 2.38. The van der Waals surface area contributed by atoms with Crippen molar-refractivity contribution in [3.63, 3.8) is 0 Å². The predicted molar refractivity (Wildman–Crippen MR) is 84.1 cm³/mol. The smallest absolute Gasteiger partial charge is 0.229 e. The van der Waals surface area contributed by atoms with Crippen molar-refractivity contribution < 1.29 is 14.0 Å². The number of hydrogen-bond donors (Lipinski definition) is 0. The van der Waals surface area contributed by atoms with Crippen molar-refractivity contribution in [1.82, 2.24) is 15.0 Å². The third kappa shape index (κ3) is 3.16. The maximum absolute atomic E-state index is 5.84. The first-order valence-corrected chi connectivity index (χ1v) is 9.12. The highest BCUT2D eigenvalue weighted by Gasteiger charge is 2.42. The van der Waals surface area contributed by atoms with Gasteiger partial charge in [0, 0.05) is 31.2 Å². The Hall–Kier alpha value is -0.980. The van der Waals surface area contributed by atoms with Crippen molar-refractivity contribution in [1.29, 1.82) is 0 Å². The fourth-order valence-corrected chi connectivity index (χ4v) is 4.28. The number of piperidine rings is 1. The Kier molecular flexibility index (Phi) is 4.39. The van der Waals surface area contributed by atoms with E-state index >= 15 is 0 Å². The number of ether oxygens (including phenoxy) is 2. The van der Waals surface area contributed by atoms with Gasteiger partial charge in [0.2, 0.25) is 5.89 Å². The molecule has 0 unspecified atom stereocenters. The van der Waals surface area contributed by atoms with Gasteiger partial charge in [-0.15, -0.1) is 0 Å². The van der Waals surface area contributed by atoms with E-state index in [1.807, 2.05) is 0 Å². The quantitative estimate of drug-likeness (QED) is 0.852. The van der Waals surface area contributed by atoms with E-state index in [-0.39, 0.29) is 5.79 Å². The molecule has 3 fully saturated rings. The summed E-state index contributed by atoms with van der Waals surface area (Å²) < 4.78 is 17.1. The van der Waals surface area contributed by atoms with Gasteiger partial charge in [-0.1, -0.05) is 12.1 Å². The monoisotopic (exact) mass is 321 g/mol. The van der Waals surface area contributed by atoms with E-state index in [0.717, 1.165) is 70.1 Å². The molecule has 1 aromatic rings. The first-order valence-electron chi connectivity index (χ1n) is 9.12. The van der Waals surface area contributed by atoms with Crippen LogP contribution in [0.3, 0.4) is 0 Å². The van der Waals surface area contributed by atoms with Gasteiger partial charge in [0.25, 0.3) is 0 Å². The summed E-state index contributed by atoms with van der Waals surface area (Å²) in [7, 11) is 0. The number of aryl methyl sites for hydroxylation is 1. The second-order valence-corrected chi connectivity index (χ2v) is 7.05. The molecule has 1 spiro atoms. The summed E-state index contributed by atoms with van der Waals surface area (Å²) in [4.78, 5) is 7.16. The summed E-state index contributed by atoms with van der Waals surface area (Å²) in [5.74, 6) is 1.87. The van der Waals surface area contributed by atoms with Crippen LogP contribution in [0.25, 0.3) is 0 Å². The fourth-order valence-electron chi connectivity index (χ4n) is 4.28. The lowest BCUT2D eigenvalue weighted by atomic mass is 9.87. The van der Waals surface area contributed by atoms with Crippen molar-refractivity contribution in [2.75, 3.05) is 26.3 Å². The van der Waals surface area contributed by atoms with Crippen LogP contribution in [0.15, 0.2) is 4.52 Å². The van der Waals surface area contributed by atoms with Crippen molar-refractivity contribution in [2.45, 2.75) is 69.6 Å². The highest BCUT2D eigenvalue weighted by atomic mass is 16.7. The van der Waals surface area contributed by atoms with Gasteiger partial charge >= 0.3 is 0 Å². The van der Waals surface area contributed by atoms with Crippen LogP contribution in [0.4, 0.5) is 0 Å². The molecule has 1 aromatic heterocycles. The summed E-state index contributed by atoms with van der Waals surface area (Å²) in [5, 5.41) is 4.03. The Labute approximate surface area is 137 Å². The molecule has 0 radical (unpaired) electrons. The molecule has 3 heterocycles. The third-order valence-corrected chi connectivity index (χ3v) is 5.73. The average molecular weight is 321 g/mol. The van der Waals surface area contributed by atoms with E-state index in [1.165, 1.54) is 12.8 Å². The summed E-state index contributed by atoms with van der Waals surface area (Å²) in [6.07, 6.45) is 7.55. The third-order valence-electron chi connectivity index (χ3n) is 5.73. The number of nitrogens with zero attached hydrogens (tertiary/aromatic N) is 3. The lowest BCUT2D eigenvalue weighted by Crippen LogP contribution is -2.46. The molecule has 23 heavy (non-hydrogen) atoms. The molecule has 0 aromatic carbocycles. The molecule has 6 heteroatoms. The Balaban J connectivity index is 1.28. The van der Waals surface area contributed by atoms with Crippen LogP contribution in [-0.4, -0.2) is 53.2 Å². The second-order valence-electron chi connectivity index (χ2n) is 7.05. The maximum Gasteiger partial charge on any atom is 0.229 e. The molecule has 0 bridgehead atoms. The van der Waals surface area contributed by atoms with E-state index in [9.17, 15) is 0 Å². The van der Waals surface area contributed by atoms with Gasteiger partial charge in [-0.05, 0) is 38.8 Å². The topological polar surface area (TPSA) is 60.6 Å². The maximum atomic E-state index is 5.84. The molecule has 2 saturated heterocycles. The number of aromatic nitrogens is 2. The van der Waals surface area contributed by atoms with Crippen molar-refractivity contribution in [3.05, 3.63) is 11.7 Å². The Morgan fingerprint density at radius 3 is 2.39 bits per heavy atom. The first-order chi connectivity index (χ1) is 11.3. The number of hydrogen-bond acceptors (Lipinski definition) is 6. The van der Waals surface area contributed by atoms with Gasteiger partial charge < -0.3 is 18.9 Å². The zero-order chi connectivity index (χ0) is 15.7. The lowest BCUT2D eigenvalue weighted by Gasteiger charge is -2.42. The fraction of sp³-hybridized carbons (Fsp3) is 0.882. The van der Waals surface area contributed by atoms with E-state index in [2.05, 4.69) is 22.0 Å². The van der Waals surface area contributed by atoms with E-state index < -0.39 is 0 Å². The minimum absolute atomic E-state index is 0.241. The van der Waals surface area contributed by atoms with Crippen molar-refractivity contribution in [2.24, 2.45) is 0 Å². The van der Waals surface area contributed by atoms with E-state index in [4.69, 9.17) is 14.0 Å². The van der Waals surface area contributed by atoms with Gasteiger partial charge in [-0.25, -0.2) is 0 Å². The lowest BCUT2D eigenvalue weighted by molar-refractivity contribution is -0.184. The molecular weight excluding hydrogens is 294 g/mol. The van der Waals surface area contributed by atoms with Crippen molar-refractivity contribution >= 4 is 0 Å². The van der Waals surface area contributed by atoms with Crippen LogP contribution in [0.1, 0.15) is 63.1 Å². The van der Waals surface area contributed by atoms with Crippen LogP contribution >= 0.6 is 0 Å². The number of likely N-dealkylation sites (tertiary alicyclic amines) is 1. The summed E-state index contributed by atoms with van der Waals surface area (Å²) >= 11 is 0. The first kappa shape index (κ1) is 15.5. The largest absolute Gasteiger partial charge is 0.348 e. The molecular formula is C17H27N3O3. The molecule has 1 aliphatic carbocycles. The highest BCUT2D eigenvalue weighted by molar-refractivity contribution is 4.98. The van der Waals surface area contributed by atoms with Crippen molar-refractivity contribution in [3.8, 4) is 0 Å². The minimum atomic E-state index is -0.241. The molecule has 0 amide bonds. The molecule has 1 saturated carbocycles. The van der Waals surface area contributed by atoms with E-state index in [1.54, 1.807) is 0 Å². The second kappa shape index (κ2) is 6.49. The van der Waals surface area contributed by atoms with Crippen LogP contribution in [0.5, 0.6) is 0 Å². The van der Waals surface area contributed by atoms with Crippen LogP contribution in [0.2, 0.25) is 0 Å². The normalized spacial score (nSPS) is 27.0. The number of rotatable bonds is 3. The van der Waals surface area contributed by atoms with Crippen LogP contribution in [-0.2, 0) is 15.9 Å². The zero-order valence-electron chi connectivity index (χ0n) is 14.0. The van der Waals surface area contributed by atoms with Gasteiger partial charge in [0.05, 0.1) is 13.2 Å². The Morgan fingerprint density at radius 2 is 1.78 bits per heavy atom. The molecule has 3 aliphatic rings. The Bertz CT molecular complexity index is 509. The minimum Gasteiger partial charge on any atom is -0.348 e. The Morgan fingerprint density at radius 1 is 1.09 bits per heavy atom. The van der Waals surface area contributed by atoms with Crippen LogP contribution < -0.4 is 0 Å². The molecule has 4 rings (SSSR count). The summed E-state index contributed by atoms with van der Waals surface area (Å²) in [6, 6.07) is 0.684. The average Bonchev–Trinajstić information content (AvgIpc) is 3.26. The van der Waals surface area contributed by atoms with Gasteiger partial charge in [-0.3, -0.25) is 0 Å². The summed E-state index contributed by atoms with van der Waals surface area (Å²) in [5.41, 5.74) is 0. The SMILES string of the molecule is CCc1noc(C2CCN(C3CCC4(CC3)OCCO4)CC2)n1. The van der Waals surface area contributed by atoms with Gasteiger partial charge in [0.1, 0.15) is 0 Å².